The van der Waals surface area contributed by atoms with Crippen molar-refractivity contribution in [1.82, 2.24) is 9.80 Å². The van der Waals surface area contributed by atoms with Crippen LogP contribution < -0.4 is 5.73 Å². The number of rotatable bonds is 4. The van der Waals surface area contributed by atoms with Crippen molar-refractivity contribution in [1.29, 1.82) is 0 Å². The minimum Gasteiger partial charge on any atom is -0.327 e. The molecule has 0 bridgehead atoms. The Morgan fingerprint density at radius 1 is 1.33 bits per heavy atom. The van der Waals surface area contributed by atoms with Crippen LogP contribution in [0.1, 0.15) is 27.2 Å². The van der Waals surface area contributed by atoms with Gasteiger partial charge in [0.2, 0.25) is 0 Å². The van der Waals surface area contributed by atoms with E-state index in [2.05, 4.69) is 37.6 Å². The summed E-state index contributed by atoms with van der Waals surface area (Å²) in [6.45, 7) is 11.5. The van der Waals surface area contributed by atoms with Crippen LogP contribution in [0, 0.1) is 5.92 Å². The van der Waals surface area contributed by atoms with Gasteiger partial charge in [0.05, 0.1) is 0 Å². The van der Waals surface area contributed by atoms with Crippen molar-refractivity contribution in [3.63, 3.8) is 0 Å². The molecule has 2 unspecified atom stereocenters. The Morgan fingerprint density at radius 2 is 2.00 bits per heavy atom. The number of nitrogens with zero attached hydrogens (tertiary/aromatic N) is 2. The average molecular weight is 213 g/mol. The zero-order valence-electron chi connectivity index (χ0n) is 10.7. The predicted molar refractivity (Wildman–Crippen MR) is 66.0 cm³/mol. The molecule has 1 aliphatic heterocycles. The first-order chi connectivity index (χ1) is 7.00. The lowest BCUT2D eigenvalue weighted by molar-refractivity contribution is 0.101. The molecular formula is C12H27N3. The Labute approximate surface area is 94.6 Å². The summed E-state index contributed by atoms with van der Waals surface area (Å²) in [6, 6.07) is 1.05. The molecule has 0 aromatic carbocycles. The Hall–Kier alpha value is -0.120. The maximum atomic E-state index is 6.06. The third-order valence-corrected chi connectivity index (χ3v) is 3.68. The van der Waals surface area contributed by atoms with Gasteiger partial charge in [0.1, 0.15) is 0 Å². The molecule has 0 saturated carbocycles. The molecule has 0 radical (unpaired) electrons. The van der Waals surface area contributed by atoms with Crippen molar-refractivity contribution < 1.29 is 0 Å². The van der Waals surface area contributed by atoms with Gasteiger partial charge in [-0.2, -0.15) is 0 Å². The van der Waals surface area contributed by atoms with Crippen molar-refractivity contribution in [2.24, 2.45) is 11.7 Å². The summed E-state index contributed by atoms with van der Waals surface area (Å²) in [4.78, 5) is 4.98. The Morgan fingerprint density at radius 3 is 2.53 bits per heavy atom. The molecule has 90 valence electrons. The Balaban J connectivity index is 2.22. The van der Waals surface area contributed by atoms with E-state index >= 15 is 0 Å². The van der Waals surface area contributed by atoms with Gasteiger partial charge in [-0.05, 0) is 32.9 Å². The molecule has 2 N–H and O–H groups in total. The van der Waals surface area contributed by atoms with E-state index in [1.165, 1.54) is 19.6 Å². The van der Waals surface area contributed by atoms with Crippen molar-refractivity contribution >= 4 is 0 Å². The van der Waals surface area contributed by atoms with Gasteiger partial charge in [-0.25, -0.2) is 0 Å². The van der Waals surface area contributed by atoms with E-state index < -0.39 is 0 Å². The summed E-state index contributed by atoms with van der Waals surface area (Å²) >= 11 is 0. The second-order valence-electron chi connectivity index (χ2n) is 5.33. The summed E-state index contributed by atoms with van der Waals surface area (Å²) in [5.74, 6) is 0.606. The van der Waals surface area contributed by atoms with Gasteiger partial charge in [-0.3, -0.25) is 0 Å². The third-order valence-electron chi connectivity index (χ3n) is 3.68. The zero-order chi connectivity index (χ0) is 11.4. The minimum absolute atomic E-state index is 0.361. The number of likely N-dealkylation sites (N-methyl/N-ethyl adjacent to an activating group) is 1. The third kappa shape index (κ3) is 4.09. The molecule has 0 aromatic rings. The van der Waals surface area contributed by atoms with Gasteiger partial charge in [0, 0.05) is 31.7 Å². The van der Waals surface area contributed by atoms with Crippen LogP contribution in [0.3, 0.4) is 0 Å². The highest BCUT2D eigenvalue weighted by Gasteiger charge is 2.20. The van der Waals surface area contributed by atoms with E-state index in [9.17, 15) is 0 Å². The Kier molecular flexibility index (Phi) is 5.03. The van der Waals surface area contributed by atoms with E-state index in [-0.39, 0.29) is 0 Å². The fourth-order valence-corrected chi connectivity index (χ4v) is 1.99. The van der Waals surface area contributed by atoms with E-state index in [1.807, 2.05) is 0 Å². The molecule has 1 rings (SSSR count). The van der Waals surface area contributed by atoms with Crippen LogP contribution in [-0.2, 0) is 0 Å². The fraction of sp³-hybridized carbons (Fsp3) is 1.00. The Bertz CT molecular complexity index is 182. The van der Waals surface area contributed by atoms with Crippen molar-refractivity contribution in [3.8, 4) is 0 Å². The smallest absolute Gasteiger partial charge is 0.0192 e. The lowest BCUT2D eigenvalue weighted by Gasteiger charge is -2.38. The molecule has 0 spiro atoms. The zero-order valence-corrected chi connectivity index (χ0v) is 10.7. The summed E-state index contributed by atoms with van der Waals surface area (Å²) in [5, 5.41) is 0. The molecular weight excluding hydrogens is 186 g/mol. The van der Waals surface area contributed by atoms with Crippen LogP contribution >= 0.6 is 0 Å². The van der Waals surface area contributed by atoms with Gasteiger partial charge in [0.25, 0.3) is 0 Å². The second kappa shape index (κ2) is 5.83. The number of hydrogen-bond donors (Lipinski definition) is 1. The normalized spacial score (nSPS) is 27.2. The molecule has 0 amide bonds. The maximum absolute atomic E-state index is 6.06. The van der Waals surface area contributed by atoms with Crippen molar-refractivity contribution in [3.05, 3.63) is 0 Å². The summed E-state index contributed by atoms with van der Waals surface area (Å²) < 4.78 is 0. The summed E-state index contributed by atoms with van der Waals surface area (Å²) in [5.41, 5.74) is 6.06. The molecule has 2 atom stereocenters. The molecule has 1 aliphatic rings. The van der Waals surface area contributed by atoms with Gasteiger partial charge in [0.15, 0.2) is 0 Å². The van der Waals surface area contributed by atoms with Gasteiger partial charge in [-0.15, -0.1) is 0 Å². The maximum Gasteiger partial charge on any atom is 0.0192 e. The number of hydrogen-bond acceptors (Lipinski definition) is 3. The standard InChI is InChI=1S/C12H27N3/c1-10(2)12(13)5-6-15-8-7-14(4)11(3)9-15/h10-12H,5-9,13H2,1-4H3. The highest BCUT2D eigenvalue weighted by atomic mass is 15.3. The topological polar surface area (TPSA) is 32.5 Å². The fourth-order valence-electron chi connectivity index (χ4n) is 1.99. The average Bonchev–Trinajstić information content (AvgIpc) is 2.19. The number of nitrogens with two attached hydrogens (primary N) is 1. The molecule has 0 aliphatic carbocycles. The van der Waals surface area contributed by atoms with E-state index in [0.717, 1.165) is 13.0 Å². The van der Waals surface area contributed by atoms with E-state index in [4.69, 9.17) is 5.73 Å². The van der Waals surface area contributed by atoms with Crippen LogP contribution in [0.4, 0.5) is 0 Å². The number of piperazine rings is 1. The summed E-state index contributed by atoms with van der Waals surface area (Å²) in [6.07, 6.45) is 1.13. The summed E-state index contributed by atoms with van der Waals surface area (Å²) in [7, 11) is 2.21. The van der Waals surface area contributed by atoms with Crippen LogP contribution in [0.25, 0.3) is 0 Å². The molecule has 15 heavy (non-hydrogen) atoms. The van der Waals surface area contributed by atoms with Crippen LogP contribution in [0.2, 0.25) is 0 Å². The molecule has 3 heteroatoms. The molecule has 1 saturated heterocycles. The predicted octanol–water partition coefficient (Wildman–Crippen LogP) is 0.996. The largest absolute Gasteiger partial charge is 0.327 e. The first-order valence-electron chi connectivity index (χ1n) is 6.19. The van der Waals surface area contributed by atoms with Gasteiger partial charge < -0.3 is 15.5 Å². The van der Waals surface area contributed by atoms with Gasteiger partial charge >= 0.3 is 0 Å². The lowest BCUT2D eigenvalue weighted by atomic mass is 10.0. The molecule has 3 nitrogen and oxygen atoms in total. The highest BCUT2D eigenvalue weighted by Crippen LogP contribution is 2.09. The first kappa shape index (κ1) is 12.9. The first-order valence-corrected chi connectivity index (χ1v) is 6.19. The van der Waals surface area contributed by atoms with Crippen LogP contribution in [-0.4, -0.2) is 55.1 Å². The molecule has 1 heterocycles. The van der Waals surface area contributed by atoms with E-state index in [1.54, 1.807) is 0 Å². The lowest BCUT2D eigenvalue weighted by Crippen LogP contribution is -2.50. The van der Waals surface area contributed by atoms with Crippen molar-refractivity contribution in [2.45, 2.75) is 39.3 Å². The van der Waals surface area contributed by atoms with Crippen molar-refractivity contribution in [2.75, 3.05) is 33.2 Å². The monoisotopic (exact) mass is 213 g/mol. The van der Waals surface area contributed by atoms with Crippen LogP contribution in [0.15, 0.2) is 0 Å². The highest BCUT2D eigenvalue weighted by molar-refractivity contribution is 4.78. The molecule has 1 fully saturated rings. The SMILES string of the molecule is CC(C)C(N)CCN1CCN(C)C(C)C1. The molecule has 0 aromatic heterocycles. The second-order valence-corrected chi connectivity index (χ2v) is 5.33. The quantitative estimate of drug-likeness (QED) is 0.756. The van der Waals surface area contributed by atoms with E-state index in [0.29, 0.717) is 18.0 Å². The minimum atomic E-state index is 0.361. The van der Waals surface area contributed by atoms with Crippen LogP contribution in [0.5, 0.6) is 0 Å². The van der Waals surface area contributed by atoms with Gasteiger partial charge in [-0.1, -0.05) is 13.8 Å².